The summed E-state index contributed by atoms with van der Waals surface area (Å²) in [5.41, 5.74) is 2.60. The molecular formula is C26H30N4O3. The van der Waals surface area contributed by atoms with Crippen molar-refractivity contribution in [2.24, 2.45) is 11.8 Å². The van der Waals surface area contributed by atoms with Crippen molar-refractivity contribution in [2.45, 2.75) is 45.3 Å². The number of aliphatic hydroxyl groups is 1. The molecule has 0 unspecified atom stereocenters. The Morgan fingerprint density at radius 2 is 1.97 bits per heavy atom. The Bertz CT molecular complexity index is 1130. The minimum Gasteiger partial charge on any atom is -0.488 e. The average molecular weight is 447 g/mol. The first-order valence-electron chi connectivity index (χ1n) is 11.7. The summed E-state index contributed by atoms with van der Waals surface area (Å²) in [6.45, 7) is 5.35. The monoisotopic (exact) mass is 446 g/mol. The van der Waals surface area contributed by atoms with Gasteiger partial charge in [-0.05, 0) is 67.9 Å². The van der Waals surface area contributed by atoms with Crippen molar-refractivity contribution in [3.63, 3.8) is 0 Å². The molecule has 4 atom stereocenters. The molecule has 7 nitrogen and oxygen atoms in total. The zero-order valence-corrected chi connectivity index (χ0v) is 19.1. The number of hydrogen-bond donors (Lipinski definition) is 1. The lowest BCUT2D eigenvalue weighted by Gasteiger charge is -2.35. The van der Waals surface area contributed by atoms with E-state index >= 15 is 0 Å². The van der Waals surface area contributed by atoms with Crippen LogP contribution >= 0.6 is 0 Å². The lowest BCUT2D eigenvalue weighted by atomic mass is 9.78. The molecule has 1 saturated heterocycles. The molecule has 172 valence electrons. The quantitative estimate of drug-likeness (QED) is 0.650. The summed E-state index contributed by atoms with van der Waals surface area (Å²) in [4.78, 5) is 19.6. The van der Waals surface area contributed by atoms with Gasteiger partial charge in [0.15, 0.2) is 5.82 Å². The van der Waals surface area contributed by atoms with Crippen LogP contribution < -0.4 is 4.74 Å². The lowest BCUT2D eigenvalue weighted by Crippen LogP contribution is -2.42. The van der Waals surface area contributed by atoms with Gasteiger partial charge in [-0.25, -0.2) is 9.67 Å². The average Bonchev–Trinajstić information content (AvgIpc) is 3.42. The molecule has 1 amide bonds. The number of aromatic nitrogens is 3. The van der Waals surface area contributed by atoms with Crippen LogP contribution in [0.2, 0.25) is 0 Å². The number of carbonyl (C=O) groups excluding carboxylic acids is 1. The van der Waals surface area contributed by atoms with E-state index in [1.807, 2.05) is 48.2 Å². The van der Waals surface area contributed by atoms with Gasteiger partial charge in [0.1, 0.15) is 11.9 Å². The number of nitrogens with zero attached hydrogens (tertiary/aromatic N) is 4. The number of rotatable bonds is 5. The SMILES string of the molecule is CCc1cccc(O[C@@H]2C[C@@H]3CN(C(=O)c4cnn(-c5ccccn5)c4C)C[C@@H]3C[C@H]2O)c1. The van der Waals surface area contributed by atoms with E-state index in [0.29, 0.717) is 36.8 Å². The van der Waals surface area contributed by atoms with Crippen LogP contribution in [0.5, 0.6) is 5.75 Å². The Morgan fingerprint density at radius 3 is 2.73 bits per heavy atom. The molecule has 0 radical (unpaired) electrons. The van der Waals surface area contributed by atoms with Crippen molar-refractivity contribution in [3.05, 3.63) is 71.7 Å². The van der Waals surface area contributed by atoms with E-state index in [1.165, 1.54) is 5.56 Å². The normalized spacial score (nSPS) is 24.5. The molecule has 0 bridgehead atoms. The number of amides is 1. The molecule has 1 aliphatic carbocycles. The van der Waals surface area contributed by atoms with Crippen LogP contribution in [0.1, 0.15) is 41.4 Å². The molecule has 1 aliphatic heterocycles. The van der Waals surface area contributed by atoms with Crippen molar-refractivity contribution in [2.75, 3.05) is 13.1 Å². The van der Waals surface area contributed by atoms with E-state index in [2.05, 4.69) is 23.1 Å². The van der Waals surface area contributed by atoms with Crippen molar-refractivity contribution in [3.8, 4) is 11.6 Å². The number of pyridine rings is 1. The number of hydrogen-bond acceptors (Lipinski definition) is 5. The number of likely N-dealkylation sites (tertiary alicyclic amines) is 1. The number of carbonyl (C=O) groups is 1. The van der Waals surface area contributed by atoms with E-state index in [4.69, 9.17) is 4.74 Å². The largest absolute Gasteiger partial charge is 0.488 e. The molecule has 2 aliphatic rings. The zero-order chi connectivity index (χ0) is 22.9. The summed E-state index contributed by atoms with van der Waals surface area (Å²) in [6, 6.07) is 13.7. The second kappa shape index (κ2) is 8.98. The smallest absolute Gasteiger partial charge is 0.257 e. The third-order valence-electron chi connectivity index (χ3n) is 7.07. The van der Waals surface area contributed by atoms with Crippen LogP contribution in [0.3, 0.4) is 0 Å². The summed E-state index contributed by atoms with van der Waals surface area (Å²) >= 11 is 0. The summed E-state index contributed by atoms with van der Waals surface area (Å²) in [5.74, 6) is 2.10. The predicted molar refractivity (Wildman–Crippen MR) is 124 cm³/mol. The first kappa shape index (κ1) is 21.6. The van der Waals surface area contributed by atoms with Crippen LogP contribution in [0, 0.1) is 18.8 Å². The number of benzene rings is 1. The zero-order valence-electron chi connectivity index (χ0n) is 19.1. The van der Waals surface area contributed by atoms with Gasteiger partial charge in [-0.2, -0.15) is 5.10 Å². The Balaban J connectivity index is 1.27. The van der Waals surface area contributed by atoms with E-state index < -0.39 is 6.10 Å². The number of ether oxygens (including phenoxy) is 1. The maximum Gasteiger partial charge on any atom is 0.257 e. The third kappa shape index (κ3) is 4.25. The molecule has 1 aromatic carbocycles. The van der Waals surface area contributed by atoms with Crippen LogP contribution in [0.4, 0.5) is 0 Å². The highest BCUT2D eigenvalue weighted by Gasteiger charge is 2.44. The van der Waals surface area contributed by atoms with E-state index in [9.17, 15) is 9.90 Å². The van der Waals surface area contributed by atoms with Crippen molar-refractivity contribution < 1.29 is 14.6 Å². The Hall–Kier alpha value is -3.19. The third-order valence-corrected chi connectivity index (χ3v) is 7.07. The molecule has 0 spiro atoms. The van der Waals surface area contributed by atoms with Crippen LogP contribution in [0.15, 0.2) is 54.9 Å². The highest BCUT2D eigenvalue weighted by Crippen LogP contribution is 2.38. The summed E-state index contributed by atoms with van der Waals surface area (Å²) < 4.78 is 7.90. The molecule has 2 fully saturated rings. The van der Waals surface area contributed by atoms with Gasteiger partial charge in [0, 0.05) is 19.3 Å². The standard InChI is InChI=1S/C26H30N4O3/c1-3-18-7-6-8-21(11-18)33-24-13-20-16-29(15-19(20)12-23(24)31)26(32)22-14-28-30(17(22)2)25-9-4-5-10-27-25/h4-11,14,19-20,23-24,31H,3,12-13,15-16H2,1-2H3/t19-,20+,23+,24+/m0/s1. The number of aliphatic hydroxyl groups excluding tert-OH is 1. The fraction of sp³-hybridized carbons (Fsp3) is 0.423. The molecule has 33 heavy (non-hydrogen) atoms. The van der Waals surface area contributed by atoms with Gasteiger partial charge < -0.3 is 14.7 Å². The second-order valence-electron chi connectivity index (χ2n) is 9.17. The fourth-order valence-corrected chi connectivity index (χ4v) is 5.20. The van der Waals surface area contributed by atoms with Gasteiger partial charge in [-0.15, -0.1) is 0 Å². The minimum absolute atomic E-state index is 0.00770. The van der Waals surface area contributed by atoms with Gasteiger partial charge in [0.2, 0.25) is 0 Å². The minimum atomic E-state index is -0.528. The van der Waals surface area contributed by atoms with Gasteiger partial charge in [0.05, 0.1) is 23.6 Å². The van der Waals surface area contributed by atoms with Gasteiger partial charge in [-0.1, -0.05) is 25.1 Å². The van der Waals surface area contributed by atoms with Gasteiger partial charge in [-0.3, -0.25) is 4.79 Å². The fourth-order valence-electron chi connectivity index (χ4n) is 5.20. The van der Waals surface area contributed by atoms with Crippen molar-refractivity contribution in [1.82, 2.24) is 19.7 Å². The van der Waals surface area contributed by atoms with Gasteiger partial charge in [0.25, 0.3) is 5.91 Å². The van der Waals surface area contributed by atoms with E-state index in [-0.39, 0.29) is 17.9 Å². The summed E-state index contributed by atoms with van der Waals surface area (Å²) in [5, 5.41) is 15.2. The maximum absolute atomic E-state index is 13.3. The maximum atomic E-state index is 13.3. The second-order valence-corrected chi connectivity index (χ2v) is 9.17. The molecule has 3 aromatic rings. The molecular weight excluding hydrogens is 416 g/mol. The Labute approximate surface area is 194 Å². The highest BCUT2D eigenvalue weighted by molar-refractivity contribution is 5.95. The highest BCUT2D eigenvalue weighted by atomic mass is 16.5. The van der Waals surface area contributed by atoms with Crippen LogP contribution in [0.25, 0.3) is 5.82 Å². The predicted octanol–water partition coefficient (Wildman–Crippen LogP) is 3.43. The molecule has 7 heteroatoms. The first-order chi connectivity index (χ1) is 16.0. The van der Waals surface area contributed by atoms with Gasteiger partial charge >= 0.3 is 0 Å². The number of fused-ring (bicyclic) bond motifs is 1. The van der Waals surface area contributed by atoms with E-state index in [0.717, 1.165) is 24.3 Å². The van der Waals surface area contributed by atoms with Crippen molar-refractivity contribution in [1.29, 1.82) is 0 Å². The summed E-state index contributed by atoms with van der Waals surface area (Å²) in [6.07, 6.45) is 4.92. The van der Waals surface area contributed by atoms with E-state index in [1.54, 1.807) is 17.1 Å². The Kier molecular flexibility index (Phi) is 5.89. The molecule has 2 aromatic heterocycles. The summed E-state index contributed by atoms with van der Waals surface area (Å²) in [7, 11) is 0. The van der Waals surface area contributed by atoms with Crippen LogP contribution in [-0.4, -0.2) is 56.0 Å². The Morgan fingerprint density at radius 1 is 1.15 bits per heavy atom. The number of aryl methyl sites for hydroxylation is 1. The lowest BCUT2D eigenvalue weighted by molar-refractivity contribution is -0.0231. The molecule has 1 saturated carbocycles. The molecule has 5 rings (SSSR count). The molecule has 3 heterocycles. The van der Waals surface area contributed by atoms with Crippen molar-refractivity contribution >= 4 is 5.91 Å². The first-order valence-corrected chi connectivity index (χ1v) is 11.7. The topological polar surface area (TPSA) is 80.5 Å². The van der Waals surface area contributed by atoms with Crippen LogP contribution in [-0.2, 0) is 6.42 Å². The molecule has 1 N–H and O–H groups in total.